The van der Waals surface area contributed by atoms with Crippen LogP contribution >= 0.6 is 0 Å². The number of aromatic nitrogens is 1. The van der Waals surface area contributed by atoms with E-state index in [0.717, 1.165) is 33.4 Å². The summed E-state index contributed by atoms with van der Waals surface area (Å²) in [6.45, 7) is 4.65. The summed E-state index contributed by atoms with van der Waals surface area (Å²) in [4.78, 5) is 27.1. The molecule has 2 aliphatic rings. The molecule has 4 aromatic rings. The van der Waals surface area contributed by atoms with Crippen LogP contribution in [0.5, 0.6) is 0 Å². The highest BCUT2D eigenvalue weighted by atomic mass is 16.5. The zero-order valence-corrected chi connectivity index (χ0v) is 20.5. The number of carbonyl (C=O) groups excluding carboxylic acids is 2. The van der Waals surface area contributed by atoms with E-state index < -0.39 is 11.9 Å². The maximum absolute atomic E-state index is 13.8. The number of nitrogens with zero attached hydrogens (tertiary/aromatic N) is 1. The molecule has 6 rings (SSSR count). The van der Waals surface area contributed by atoms with E-state index in [9.17, 15) is 9.59 Å². The third-order valence-electron chi connectivity index (χ3n) is 7.41. The number of nitrogens with one attached hydrogen (secondary N) is 1. The number of esters is 1. The molecule has 0 bridgehead atoms. The molecule has 3 aromatic carbocycles. The number of carbonyl (C=O) groups is 2. The minimum Gasteiger partial charge on any atom is -0.466 e. The molecule has 1 aliphatic heterocycles. The Bertz CT molecular complexity index is 1620. The van der Waals surface area contributed by atoms with Gasteiger partial charge in [0.2, 0.25) is 0 Å². The number of Topliss-reactive ketones (excluding diaryl/α,β-unsaturated/α-hetero) is 1. The molecule has 0 radical (unpaired) electrons. The van der Waals surface area contributed by atoms with Gasteiger partial charge in [0.05, 0.1) is 24.3 Å². The average Bonchev–Trinajstić information content (AvgIpc) is 3.34. The molecule has 178 valence electrons. The third-order valence-corrected chi connectivity index (χ3v) is 7.41. The van der Waals surface area contributed by atoms with Crippen LogP contribution in [0.25, 0.3) is 16.6 Å². The van der Waals surface area contributed by atoms with Crippen LogP contribution in [0.3, 0.4) is 0 Å². The van der Waals surface area contributed by atoms with E-state index >= 15 is 0 Å². The maximum Gasteiger partial charge on any atom is 0.336 e. The summed E-state index contributed by atoms with van der Waals surface area (Å²) in [5, 5.41) is 4.41. The topological polar surface area (TPSA) is 60.3 Å². The van der Waals surface area contributed by atoms with Crippen molar-refractivity contribution in [2.45, 2.75) is 26.3 Å². The Morgan fingerprint density at radius 1 is 0.917 bits per heavy atom. The van der Waals surface area contributed by atoms with Gasteiger partial charge in [-0.1, -0.05) is 72.8 Å². The van der Waals surface area contributed by atoms with Gasteiger partial charge in [-0.15, -0.1) is 0 Å². The van der Waals surface area contributed by atoms with E-state index in [1.165, 1.54) is 12.7 Å². The zero-order chi connectivity index (χ0) is 25.0. The summed E-state index contributed by atoms with van der Waals surface area (Å²) in [5.74, 6) is -1.03. The van der Waals surface area contributed by atoms with Crippen LogP contribution in [0.1, 0.15) is 45.6 Å². The Morgan fingerprint density at radius 3 is 2.33 bits per heavy atom. The predicted octanol–water partition coefficient (Wildman–Crippen LogP) is 5.74. The third kappa shape index (κ3) is 3.16. The summed E-state index contributed by atoms with van der Waals surface area (Å²) in [6, 6.07) is 26.2. The number of dihydropyridines is 1. The van der Waals surface area contributed by atoms with Crippen molar-refractivity contribution < 1.29 is 14.3 Å². The van der Waals surface area contributed by atoms with Crippen LogP contribution in [0, 0.1) is 6.92 Å². The van der Waals surface area contributed by atoms with Crippen molar-refractivity contribution in [1.29, 1.82) is 0 Å². The van der Waals surface area contributed by atoms with Gasteiger partial charge in [0.15, 0.2) is 5.78 Å². The largest absolute Gasteiger partial charge is 0.466 e. The molecule has 0 saturated carbocycles. The van der Waals surface area contributed by atoms with E-state index in [1.807, 2.05) is 61.5 Å². The molecule has 0 saturated heterocycles. The lowest BCUT2D eigenvalue weighted by molar-refractivity contribution is -0.136. The SMILES string of the molecule is COC(=O)C1=C(C)NC2=C(C(=O)c3ccccc32)[C@@H]1c1c(C)n(Cc2ccccc2)c2ccccc12. The first kappa shape index (κ1) is 22.1. The van der Waals surface area contributed by atoms with Crippen LogP contribution in [0.15, 0.2) is 95.7 Å². The van der Waals surface area contributed by atoms with Gasteiger partial charge < -0.3 is 14.6 Å². The highest BCUT2D eigenvalue weighted by molar-refractivity contribution is 6.23. The quantitative estimate of drug-likeness (QED) is 0.383. The van der Waals surface area contributed by atoms with E-state index in [1.54, 1.807) is 0 Å². The van der Waals surface area contributed by atoms with Crippen molar-refractivity contribution >= 4 is 28.4 Å². The van der Waals surface area contributed by atoms with Gasteiger partial charge in [-0.05, 0) is 31.0 Å². The lowest BCUT2D eigenvalue weighted by Crippen LogP contribution is -2.29. The van der Waals surface area contributed by atoms with Gasteiger partial charge in [0, 0.05) is 45.5 Å². The molecule has 0 spiro atoms. The molecular weight excluding hydrogens is 448 g/mol. The van der Waals surface area contributed by atoms with Crippen molar-refractivity contribution in [3.8, 4) is 0 Å². The standard InChI is InChI=1S/C31H26N2O3/c1-18-25(31(35)36-3)27(28-29(32-18)21-13-7-8-14-22(21)30(28)34)26-19(2)33(17-20-11-5-4-6-12-20)24-16-10-9-15-23(24)26/h4-16,27,32H,17H2,1-3H3/t27-/m0/s1. The van der Waals surface area contributed by atoms with E-state index in [4.69, 9.17) is 4.74 Å². The first-order valence-corrected chi connectivity index (χ1v) is 12.1. The van der Waals surface area contributed by atoms with E-state index in [0.29, 0.717) is 29.0 Å². The first-order chi connectivity index (χ1) is 17.5. The predicted molar refractivity (Wildman–Crippen MR) is 141 cm³/mol. The number of hydrogen-bond donors (Lipinski definition) is 1. The molecule has 0 fully saturated rings. The van der Waals surface area contributed by atoms with E-state index in [2.05, 4.69) is 41.1 Å². The molecular formula is C31H26N2O3. The smallest absolute Gasteiger partial charge is 0.336 e. The number of benzene rings is 3. The van der Waals surface area contributed by atoms with Crippen LogP contribution in [0.4, 0.5) is 0 Å². The van der Waals surface area contributed by atoms with Gasteiger partial charge in [-0.3, -0.25) is 4.79 Å². The minimum atomic E-state index is -0.546. The van der Waals surface area contributed by atoms with Gasteiger partial charge in [0.1, 0.15) is 0 Å². The number of hydrogen-bond acceptors (Lipinski definition) is 4. The average molecular weight is 475 g/mol. The summed E-state index contributed by atoms with van der Waals surface area (Å²) >= 11 is 0. The van der Waals surface area contributed by atoms with Crippen LogP contribution < -0.4 is 5.32 Å². The van der Waals surface area contributed by atoms with Gasteiger partial charge in [0.25, 0.3) is 0 Å². The van der Waals surface area contributed by atoms with Crippen LogP contribution in [-0.4, -0.2) is 23.4 Å². The van der Waals surface area contributed by atoms with Crippen molar-refractivity contribution in [3.05, 3.63) is 124 Å². The summed E-state index contributed by atoms with van der Waals surface area (Å²) in [5.41, 5.74) is 8.34. The molecule has 1 aromatic heterocycles. The van der Waals surface area contributed by atoms with Crippen LogP contribution in [-0.2, 0) is 16.1 Å². The van der Waals surface area contributed by atoms with Gasteiger partial charge in [-0.2, -0.15) is 0 Å². The number of ketones is 1. The Kier molecular flexibility index (Phi) is 5.15. The van der Waals surface area contributed by atoms with Gasteiger partial charge in [-0.25, -0.2) is 4.79 Å². The summed E-state index contributed by atoms with van der Waals surface area (Å²) < 4.78 is 7.53. The molecule has 36 heavy (non-hydrogen) atoms. The fourth-order valence-electron chi connectivity index (χ4n) is 5.79. The van der Waals surface area contributed by atoms with Crippen LogP contribution in [0.2, 0.25) is 0 Å². The molecule has 2 heterocycles. The second-order valence-corrected chi connectivity index (χ2v) is 9.34. The number of allylic oxidation sites excluding steroid dienone is 2. The van der Waals surface area contributed by atoms with E-state index in [-0.39, 0.29) is 5.78 Å². The lowest BCUT2D eigenvalue weighted by Gasteiger charge is -2.29. The summed E-state index contributed by atoms with van der Waals surface area (Å²) in [6.07, 6.45) is 0. The Hall–Kier alpha value is -4.38. The Labute approximate surface area is 209 Å². The minimum absolute atomic E-state index is 0.0497. The highest BCUT2D eigenvalue weighted by Gasteiger charge is 2.44. The first-order valence-electron chi connectivity index (χ1n) is 12.1. The maximum atomic E-state index is 13.8. The van der Waals surface area contributed by atoms with Crippen molar-refractivity contribution in [1.82, 2.24) is 9.88 Å². The molecule has 0 amide bonds. The van der Waals surface area contributed by atoms with Crippen molar-refractivity contribution in [3.63, 3.8) is 0 Å². The van der Waals surface area contributed by atoms with Crippen molar-refractivity contribution in [2.75, 3.05) is 7.11 Å². The summed E-state index contributed by atoms with van der Waals surface area (Å²) in [7, 11) is 1.39. The number of rotatable bonds is 4. The fourth-order valence-corrected chi connectivity index (χ4v) is 5.79. The number of methoxy groups -OCH3 is 1. The molecule has 5 heteroatoms. The highest BCUT2D eigenvalue weighted by Crippen LogP contribution is 2.49. The number of fused-ring (bicyclic) bond motifs is 3. The Morgan fingerprint density at radius 2 is 1.58 bits per heavy atom. The molecule has 5 nitrogen and oxygen atoms in total. The van der Waals surface area contributed by atoms with Gasteiger partial charge >= 0.3 is 5.97 Å². The number of ether oxygens (including phenoxy) is 1. The zero-order valence-electron chi connectivity index (χ0n) is 20.5. The Balaban J connectivity index is 1.63. The monoisotopic (exact) mass is 474 g/mol. The second-order valence-electron chi connectivity index (χ2n) is 9.34. The lowest BCUT2D eigenvalue weighted by atomic mass is 9.78. The number of para-hydroxylation sites is 1. The molecule has 1 N–H and O–H groups in total. The van der Waals surface area contributed by atoms with Crippen molar-refractivity contribution in [2.24, 2.45) is 0 Å². The molecule has 1 aliphatic carbocycles. The molecule has 0 unspecified atom stereocenters. The molecule has 1 atom stereocenters. The normalized spacial score (nSPS) is 16.8. The second kappa shape index (κ2) is 8.38. The fraction of sp³-hybridized carbons (Fsp3) is 0.161.